The van der Waals surface area contributed by atoms with E-state index in [4.69, 9.17) is 11.6 Å². The lowest BCUT2D eigenvalue weighted by atomic mass is 10.1. The van der Waals surface area contributed by atoms with Gasteiger partial charge in [-0.3, -0.25) is 14.5 Å². The van der Waals surface area contributed by atoms with Gasteiger partial charge in [0.1, 0.15) is 0 Å². The van der Waals surface area contributed by atoms with Gasteiger partial charge in [-0.05, 0) is 25.0 Å². The molecular formula is C21H31ClN6O. The number of rotatable bonds is 8. The third-order valence-corrected chi connectivity index (χ3v) is 4.69. The molecule has 0 radical (unpaired) electrons. The minimum atomic E-state index is -0.193. The molecule has 2 rings (SSSR count). The molecule has 0 atom stereocenters. The Hall–Kier alpha value is -2.54. The first kappa shape index (κ1) is 22.7. The summed E-state index contributed by atoms with van der Waals surface area (Å²) in [7, 11) is 3.94. The molecular weight excluding hydrogens is 388 g/mol. The van der Waals surface area contributed by atoms with Crippen LogP contribution in [0.3, 0.4) is 0 Å². The third kappa shape index (κ3) is 6.49. The normalized spacial score (nSPS) is 11.6. The van der Waals surface area contributed by atoms with Crippen LogP contribution in [0.5, 0.6) is 0 Å². The summed E-state index contributed by atoms with van der Waals surface area (Å²) in [5.41, 5.74) is 2.75. The first-order chi connectivity index (χ1) is 13.8. The highest BCUT2D eigenvalue weighted by Gasteiger charge is 2.15. The van der Waals surface area contributed by atoms with Crippen molar-refractivity contribution in [1.29, 1.82) is 0 Å². The van der Waals surface area contributed by atoms with Crippen LogP contribution in [0.2, 0.25) is 5.02 Å². The third-order valence-electron chi connectivity index (χ3n) is 4.37. The van der Waals surface area contributed by atoms with Crippen LogP contribution >= 0.6 is 11.6 Å². The molecule has 0 bridgehead atoms. The molecule has 2 aromatic rings. The Kier molecular flexibility index (Phi) is 8.51. The Morgan fingerprint density at radius 2 is 2.03 bits per heavy atom. The van der Waals surface area contributed by atoms with E-state index in [1.165, 1.54) is 5.56 Å². The van der Waals surface area contributed by atoms with Gasteiger partial charge in [0, 0.05) is 45.5 Å². The molecule has 1 aromatic carbocycles. The molecule has 0 aliphatic heterocycles. The standard InChI is InChI=1S/C21H31ClN6O/c1-6-23-21(27(4)13-16-14-28(5)26-19(16)15(2)3)25-12-11-24-20(29)17-9-7-8-10-18(17)22/h7-10,14-15H,6,11-13H2,1-5H3,(H,23,25)(H,24,29). The molecule has 0 aliphatic rings. The number of guanidine groups is 1. The van der Waals surface area contributed by atoms with Gasteiger partial charge in [-0.1, -0.05) is 37.6 Å². The second kappa shape index (κ2) is 10.9. The molecule has 29 heavy (non-hydrogen) atoms. The van der Waals surface area contributed by atoms with Gasteiger partial charge in [0.25, 0.3) is 5.91 Å². The van der Waals surface area contributed by atoms with Crippen LogP contribution in [0.25, 0.3) is 0 Å². The topological polar surface area (TPSA) is 74.6 Å². The summed E-state index contributed by atoms with van der Waals surface area (Å²) in [5.74, 6) is 0.957. The molecule has 1 heterocycles. The number of carbonyl (C=O) groups is 1. The number of hydrogen-bond donors (Lipinski definition) is 2. The van der Waals surface area contributed by atoms with E-state index in [0.717, 1.165) is 18.2 Å². The zero-order valence-corrected chi connectivity index (χ0v) is 18.6. The van der Waals surface area contributed by atoms with E-state index in [1.54, 1.807) is 24.3 Å². The van der Waals surface area contributed by atoms with E-state index in [0.29, 0.717) is 36.1 Å². The summed E-state index contributed by atoms with van der Waals surface area (Å²) in [6.45, 7) is 8.69. The highest BCUT2D eigenvalue weighted by Crippen LogP contribution is 2.18. The van der Waals surface area contributed by atoms with Gasteiger partial charge in [0.2, 0.25) is 0 Å². The van der Waals surface area contributed by atoms with Crippen LogP contribution in [0.1, 0.15) is 48.3 Å². The van der Waals surface area contributed by atoms with Crippen LogP contribution in [-0.2, 0) is 13.6 Å². The zero-order valence-electron chi connectivity index (χ0n) is 17.9. The Morgan fingerprint density at radius 3 is 2.69 bits per heavy atom. The van der Waals surface area contributed by atoms with Crippen LogP contribution in [0.4, 0.5) is 0 Å². The van der Waals surface area contributed by atoms with Crippen LogP contribution in [0.15, 0.2) is 35.5 Å². The number of aliphatic imine (C=N–C) groups is 1. The Balaban J connectivity index is 1.97. The number of aromatic nitrogens is 2. The Bertz CT molecular complexity index is 845. The molecule has 0 saturated heterocycles. The smallest absolute Gasteiger partial charge is 0.252 e. The second-order valence-corrected chi connectivity index (χ2v) is 7.60. The largest absolute Gasteiger partial charge is 0.357 e. The van der Waals surface area contributed by atoms with Gasteiger partial charge in [-0.2, -0.15) is 5.10 Å². The van der Waals surface area contributed by atoms with Crippen LogP contribution in [0, 0.1) is 0 Å². The maximum Gasteiger partial charge on any atom is 0.252 e. The van der Waals surface area contributed by atoms with Crippen molar-refractivity contribution in [1.82, 2.24) is 25.3 Å². The predicted molar refractivity (Wildman–Crippen MR) is 119 cm³/mol. The SMILES string of the molecule is CCNC(=NCCNC(=O)c1ccccc1Cl)N(C)Cc1cn(C)nc1C(C)C. The minimum Gasteiger partial charge on any atom is -0.357 e. The molecule has 8 heteroatoms. The lowest BCUT2D eigenvalue weighted by Gasteiger charge is -2.22. The number of aryl methyl sites for hydroxylation is 1. The first-order valence-electron chi connectivity index (χ1n) is 9.88. The average Bonchev–Trinajstić information content (AvgIpc) is 3.04. The first-order valence-corrected chi connectivity index (χ1v) is 10.3. The van der Waals surface area contributed by atoms with Crippen molar-refractivity contribution in [3.05, 3.63) is 52.3 Å². The van der Waals surface area contributed by atoms with Crippen LogP contribution in [-0.4, -0.2) is 53.2 Å². The quantitative estimate of drug-likeness (QED) is 0.392. The summed E-state index contributed by atoms with van der Waals surface area (Å²) in [4.78, 5) is 18.9. The van der Waals surface area contributed by atoms with Gasteiger partial charge < -0.3 is 15.5 Å². The number of carbonyl (C=O) groups excluding carboxylic acids is 1. The molecule has 1 amide bonds. The van der Waals surface area contributed by atoms with Crippen LogP contribution < -0.4 is 10.6 Å². The number of halogens is 1. The molecule has 0 aliphatic carbocycles. The second-order valence-electron chi connectivity index (χ2n) is 7.20. The van der Waals surface area contributed by atoms with Crippen molar-refractivity contribution in [2.75, 3.05) is 26.7 Å². The van der Waals surface area contributed by atoms with Crippen molar-refractivity contribution in [3.8, 4) is 0 Å². The van der Waals surface area contributed by atoms with E-state index in [2.05, 4.69) is 45.7 Å². The number of amides is 1. The number of nitrogens with one attached hydrogen (secondary N) is 2. The fraction of sp³-hybridized carbons (Fsp3) is 0.476. The highest BCUT2D eigenvalue weighted by atomic mass is 35.5. The molecule has 0 spiro atoms. The van der Waals surface area contributed by atoms with E-state index in [1.807, 2.05) is 25.7 Å². The van der Waals surface area contributed by atoms with Gasteiger partial charge in [0.15, 0.2) is 5.96 Å². The Morgan fingerprint density at radius 1 is 1.31 bits per heavy atom. The molecule has 0 fully saturated rings. The number of benzene rings is 1. The molecule has 2 N–H and O–H groups in total. The van der Waals surface area contributed by atoms with Crippen molar-refractivity contribution in [3.63, 3.8) is 0 Å². The zero-order chi connectivity index (χ0) is 21.4. The predicted octanol–water partition coefficient (Wildman–Crippen LogP) is 3.02. The van der Waals surface area contributed by atoms with E-state index in [9.17, 15) is 4.79 Å². The fourth-order valence-corrected chi connectivity index (χ4v) is 3.26. The molecule has 0 saturated carbocycles. The molecule has 7 nitrogen and oxygen atoms in total. The van der Waals surface area contributed by atoms with E-state index in [-0.39, 0.29) is 5.91 Å². The highest BCUT2D eigenvalue weighted by molar-refractivity contribution is 6.33. The van der Waals surface area contributed by atoms with Crippen molar-refractivity contribution < 1.29 is 4.79 Å². The van der Waals surface area contributed by atoms with Crippen molar-refractivity contribution in [2.45, 2.75) is 33.2 Å². The fourth-order valence-electron chi connectivity index (χ4n) is 3.03. The van der Waals surface area contributed by atoms with E-state index < -0.39 is 0 Å². The Labute approximate surface area is 178 Å². The van der Waals surface area contributed by atoms with Gasteiger partial charge in [-0.25, -0.2) is 0 Å². The van der Waals surface area contributed by atoms with Gasteiger partial charge >= 0.3 is 0 Å². The lowest BCUT2D eigenvalue weighted by Crippen LogP contribution is -2.39. The van der Waals surface area contributed by atoms with Gasteiger partial charge in [-0.15, -0.1) is 0 Å². The summed E-state index contributed by atoms with van der Waals surface area (Å²) in [6.07, 6.45) is 2.05. The molecule has 1 aromatic heterocycles. The summed E-state index contributed by atoms with van der Waals surface area (Å²) >= 11 is 6.07. The van der Waals surface area contributed by atoms with E-state index >= 15 is 0 Å². The molecule has 0 unspecified atom stereocenters. The monoisotopic (exact) mass is 418 g/mol. The summed E-state index contributed by atoms with van der Waals surface area (Å²) in [5, 5.41) is 11.2. The van der Waals surface area contributed by atoms with Crippen molar-refractivity contribution >= 4 is 23.5 Å². The minimum absolute atomic E-state index is 0.193. The maximum atomic E-state index is 12.2. The average molecular weight is 419 g/mol. The summed E-state index contributed by atoms with van der Waals surface area (Å²) in [6, 6.07) is 7.01. The van der Waals surface area contributed by atoms with Gasteiger partial charge in [0.05, 0.1) is 22.8 Å². The maximum absolute atomic E-state index is 12.2. The lowest BCUT2D eigenvalue weighted by molar-refractivity contribution is 0.0955. The summed E-state index contributed by atoms with van der Waals surface area (Å²) < 4.78 is 1.85. The van der Waals surface area contributed by atoms with Crippen molar-refractivity contribution in [2.24, 2.45) is 12.0 Å². The number of nitrogens with zero attached hydrogens (tertiary/aromatic N) is 4. The molecule has 158 valence electrons. The number of hydrogen-bond acceptors (Lipinski definition) is 3.